The zero-order valence-electron chi connectivity index (χ0n) is 11.9. The number of carbonyl (C=O) groups excluding carboxylic acids is 1. The molecule has 1 aromatic heterocycles. The Balaban J connectivity index is 1.78. The molecule has 2 rings (SSSR count). The minimum Gasteiger partial charge on any atom is -0.491 e. The second-order valence-corrected chi connectivity index (χ2v) is 6.21. The highest BCUT2D eigenvalue weighted by atomic mass is 32.2. The Labute approximate surface area is 136 Å². The van der Waals surface area contributed by atoms with Crippen LogP contribution in [0.2, 0.25) is 0 Å². The van der Waals surface area contributed by atoms with Crippen LogP contribution in [0.15, 0.2) is 40.6 Å². The number of aliphatic hydroxyl groups excluding tert-OH is 1. The smallest absolute Gasteiger partial charge is 0.262 e. The van der Waals surface area contributed by atoms with E-state index in [0.29, 0.717) is 10.6 Å². The molecular formula is C15H16FNO3S2. The topological polar surface area (TPSA) is 58.6 Å². The van der Waals surface area contributed by atoms with E-state index in [0.717, 1.165) is 4.90 Å². The number of thioether (sulfide) groups is 1. The molecule has 0 fully saturated rings. The number of hydrogen-bond acceptors (Lipinski definition) is 5. The summed E-state index contributed by atoms with van der Waals surface area (Å²) in [5, 5.41) is 14.3. The highest BCUT2D eigenvalue weighted by molar-refractivity contribution is 7.98. The van der Waals surface area contributed by atoms with Gasteiger partial charge in [-0.3, -0.25) is 4.79 Å². The summed E-state index contributed by atoms with van der Waals surface area (Å²) in [7, 11) is 0. The lowest BCUT2D eigenvalue weighted by molar-refractivity contribution is 0.0844. The van der Waals surface area contributed by atoms with Crippen LogP contribution in [0.4, 0.5) is 4.39 Å². The summed E-state index contributed by atoms with van der Waals surface area (Å²) in [5.41, 5.74) is 0. The lowest BCUT2D eigenvalue weighted by Crippen LogP contribution is -2.35. The van der Waals surface area contributed by atoms with Gasteiger partial charge in [0.15, 0.2) is 0 Å². The molecule has 1 amide bonds. The van der Waals surface area contributed by atoms with E-state index in [-0.39, 0.29) is 19.1 Å². The Hall–Kier alpha value is -1.57. The molecule has 4 nitrogen and oxygen atoms in total. The van der Waals surface area contributed by atoms with Gasteiger partial charge < -0.3 is 15.2 Å². The van der Waals surface area contributed by atoms with Crippen molar-refractivity contribution in [2.45, 2.75) is 11.0 Å². The fraction of sp³-hybridized carbons (Fsp3) is 0.267. The van der Waals surface area contributed by atoms with Crippen LogP contribution in [0.1, 0.15) is 9.67 Å². The van der Waals surface area contributed by atoms with Crippen molar-refractivity contribution in [3.05, 3.63) is 46.4 Å². The van der Waals surface area contributed by atoms with Crippen LogP contribution in [0.5, 0.6) is 5.75 Å². The number of aliphatic hydroxyl groups is 1. The molecule has 0 saturated heterocycles. The molecule has 0 radical (unpaired) electrons. The van der Waals surface area contributed by atoms with E-state index < -0.39 is 11.9 Å². The Morgan fingerprint density at radius 2 is 2.32 bits per heavy atom. The molecule has 0 unspecified atom stereocenters. The number of nitrogens with one attached hydrogen (secondary N) is 1. The van der Waals surface area contributed by atoms with Crippen molar-refractivity contribution in [1.82, 2.24) is 5.32 Å². The molecule has 22 heavy (non-hydrogen) atoms. The first-order valence-corrected chi connectivity index (χ1v) is 8.66. The second kappa shape index (κ2) is 8.17. The van der Waals surface area contributed by atoms with Crippen molar-refractivity contribution < 1.29 is 19.0 Å². The minimum atomic E-state index is -0.870. The Morgan fingerprint density at radius 1 is 1.50 bits per heavy atom. The molecule has 0 aliphatic rings. The van der Waals surface area contributed by atoms with E-state index in [1.807, 2.05) is 17.7 Å². The first-order chi connectivity index (χ1) is 10.6. The van der Waals surface area contributed by atoms with Gasteiger partial charge in [-0.25, -0.2) is 4.39 Å². The van der Waals surface area contributed by atoms with Gasteiger partial charge in [-0.05, 0) is 29.8 Å². The van der Waals surface area contributed by atoms with Gasteiger partial charge in [0.05, 0.1) is 0 Å². The monoisotopic (exact) mass is 341 g/mol. The number of ether oxygens (including phenoxy) is 1. The van der Waals surface area contributed by atoms with Crippen molar-refractivity contribution in [3.8, 4) is 5.75 Å². The highest BCUT2D eigenvalue weighted by Crippen LogP contribution is 2.25. The van der Waals surface area contributed by atoms with Gasteiger partial charge in [-0.15, -0.1) is 23.1 Å². The largest absolute Gasteiger partial charge is 0.491 e. The molecule has 0 aliphatic heterocycles. The minimum absolute atomic E-state index is 0.0242. The number of hydrogen-bond donors (Lipinski definition) is 2. The molecule has 0 bridgehead atoms. The van der Waals surface area contributed by atoms with E-state index >= 15 is 0 Å². The molecule has 118 valence electrons. The first-order valence-electron chi connectivity index (χ1n) is 6.56. The summed E-state index contributed by atoms with van der Waals surface area (Å²) in [5.74, 6) is -0.278. The molecular weight excluding hydrogens is 325 g/mol. The molecule has 0 saturated carbocycles. The number of carbonyl (C=O) groups is 1. The third kappa shape index (κ3) is 4.72. The Morgan fingerprint density at radius 3 is 3.05 bits per heavy atom. The Kier molecular flexibility index (Phi) is 6.23. The van der Waals surface area contributed by atoms with E-state index in [9.17, 15) is 14.3 Å². The van der Waals surface area contributed by atoms with Crippen molar-refractivity contribution in [3.63, 3.8) is 0 Å². The second-order valence-electron chi connectivity index (χ2n) is 4.45. The number of rotatable bonds is 7. The molecule has 7 heteroatoms. The fourth-order valence-electron chi connectivity index (χ4n) is 1.72. The molecule has 1 aromatic carbocycles. The van der Waals surface area contributed by atoms with E-state index in [1.54, 1.807) is 6.07 Å². The van der Waals surface area contributed by atoms with Gasteiger partial charge in [0.1, 0.15) is 29.2 Å². The van der Waals surface area contributed by atoms with Gasteiger partial charge in [0, 0.05) is 17.5 Å². The quantitative estimate of drug-likeness (QED) is 0.761. The summed E-state index contributed by atoms with van der Waals surface area (Å²) >= 11 is 2.86. The van der Waals surface area contributed by atoms with Crippen LogP contribution in [-0.4, -0.2) is 36.5 Å². The molecule has 0 aliphatic carbocycles. The van der Waals surface area contributed by atoms with Crippen molar-refractivity contribution in [2.24, 2.45) is 0 Å². The van der Waals surface area contributed by atoms with Crippen LogP contribution in [-0.2, 0) is 0 Å². The summed E-state index contributed by atoms with van der Waals surface area (Å²) in [6, 6.07) is 7.56. The number of thiophene rings is 1. The predicted molar refractivity (Wildman–Crippen MR) is 86.3 cm³/mol. The zero-order chi connectivity index (χ0) is 15.9. The Bertz CT molecular complexity index is 633. The predicted octanol–water partition coefficient (Wildman–Crippen LogP) is 2.78. The lowest BCUT2D eigenvalue weighted by Gasteiger charge is -2.13. The van der Waals surface area contributed by atoms with Crippen LogP contribution >= 0.6 is 23.1 Å². The van der Waals surface area contributed by atoms with Gasteiger partial charge >= 0.3 is 0 Å². The summed E-state index contributed by atoms with van der Waals surface area (Å²) < 4.78 is 18.2. The van der Waals surface area contributed by atoms with Crippen molar-refractivity contribution >= 4 is 29.0 Å². The SMILES string of the molecule is CSc1ccsc1C(=O)NC[C@H](O)COc1cccc(F)c1. The van der Waals surface area contributed by atoms with Crippen molar-refractivity contribution in [2.75, 3.05) is 19.4 Å². The van der Waals surface area contributed by atoms with E-state index in [2.05, 4.69) is 5.32 Å². The number of halogens is 1. The van der Waals surface area contributed by atoms with Gasteiger partial charge in [-0.2, -0.15) is 0 Å². The molecule has 2 N–H and O–H groups in total. The fourth-order valence-corrected chi connectivity index (χ4v) is 3.39. The summed E-state index contributed by atoms with van der Waals surface area (Å²) in [6.45, 7) is 0.0451. The maximum absolute atomic E-state index is 13.0. The van der Waals surface area contributed by atoms with Crippen LogP contribution in [0, 0.1) is 5.82 Å². The molecule has 2 aromatic rings. The molecule has 1 heterocycles. The third-order valence-corrected chi connectivity index (χ3v) is 4.61. The number of benzene rings is 1. The van der Waals surface area contributed by atoms with Gasteiger partial charge in [0.25, 0.3) is 5.91 Å². The third-order valence-electron chi connectivity index (χ3n) is 2.79. The van der Waals surface area contributed by atoms with E-state index in [1.165, 1.54) is 41.3 Å². The average molecular weight is 341 g/mol. The summed E-state index contributed by atoms with van der Waals surface area (Å²) in [6.07, 6.45) is 1.03. The molecule has 1 atom stereocenters. The normalized spacial score (nSPS) is 12.0. The van der Waals surface area contributed by atoms with Crippen LogP contribution in [0.25, 0.3) is 0 Å². The maximum atomic E-state index is 13.0. The van der Waals surface area contributed by atoms with Gasteiger partial charge in [0.2, 0.25) is 0 Å². The van der Waals surface area contributed by atoms with Crippen molar-refractivity contribution in [1.29, 1.82) is 0 Å². The van der Waals surface area contributed by atoms with Gasteiger partial charge in [-0.1, -0.05) is 6.07 Å². The van der Waals surface area contributed by atoms with E-state index in [4.69, 9.17) is 4.74 Å². The van der Waals surface area contributed by atoms with Crippen LogP contribution < -0.4 is 10.1 Å². The average Bonchev–Trinajstić information content (AvgIpc) is 2.99. The summed E-state index contributed by atoms with van der Waals surface area (Å²) in [4.78, 5) is 13.5. The molecule has 0 spiro atoms. The number of amides is 1. The zero-order valence-corrected chi connectivity index (χ0v) is 13.5. The highest BCUT2D eigenvalue weighted by Gasteiger charge is 2.14. The maximum Gasteiger partial charge on any atom is 0.262 e. The first kappa shape index (κ1) is 16.8. The standard InChI is InChI=1S/C15H16FNO3S2/c1-21-13-5-6-22-14(13)15(19)17-8-11(18)9-20-12-4-2-3-10(16)7-12/h2-7,11,18H,8-9H2,1H3,(H,17,19)/t11-/m0/s1. The lowest BCUT2D eigenvalue weighted by atomic mass is 10.3. The van der Waals surface area contributed by atoms with Crippen LogP contribution in [0.3, 0.4) is 0 Å².